The Bertz CT molecular complexity index is 749. The number of esters is 1. The SMILES string of the molecule is COC(=O)CSc1ccc(C(NC(=O)c2ccccc2)C(Cl)(Cl)Cl)cc1. The fraction of sp³-hybridized carbons (Fsp3) is 0.222. The number of alkyl halides is 3. The van der Waals surface area contributed by atoms with Crippen LogP contribution in [-0.4, -0.2) is 28.5 Å². The molecule has 138 valence electrons. The summed E-state index contributed by atoms with van der Waals surface area (Å²) in [6.45, 7) is 0. The number of rotatable bonds is 6. The monoisotopic (exact) mass is 431 g/mol. The molecule has 8 heteroatoms. The van der Waals surface area contributed by atoms with Crippen molar-refractivity contribution in [3.05, 3.63) is 65.7 Å². The van der Waals surface area contributed by atoms with E-state index in [0.717, 1.165) is 4.90 Å². The van der Waals surface area contributed by atoms with E-state index < -0.39 is 9.83 Å². The third kappa shape index (κ3) is 6.09. The minimum absolute atomic E-state index is 0.203. The minimum Gasteiger partial charge on any atom is -0.468 e. The normalized spacial score (nSPS) is 12.3. The maximum Gasteiger partial charge on any atom is 0.315 e. The smallest absolute Gasteiger partial charge is 0.315 e. The summed E-state index contributed by atoms with van der Waals surface area (Å²) in [5.41, 5.74) is 1.11. The van der Waals surface area contributed by atoms with Crippen molar-refractivity contribution >= 4 is 58.4 Å². The molecule has 0 fully saturated rings. The molecule has 0 aliphatic rings. The van der Waals surface area contributed by atoms with Gasteiger partial charge in [0.1, 0.15) is 6.04 Å². The van der Waals surface area contributed by atoms with Gasteiger partial charge >= 0.3 is 5.97 Å². The van der Waals surface area contributed by atoms with Crippen LogP contribution in [0.15, 0.2) is 59.5 Å². The maximum absolute atomic E-state index is 12.4. The van der Waals surface area contributed by atoms with Crippen LogP contribution in [0.3, 0.4) is 0 Å². The summed E-state index contributed by atoms with van der Waals surface area (Å²) in [6, 6.07) is 14.9. The van der Waals surface area contributed by atoms with E-state index >= 15 is 0 Å². The van der Waals surface area contributed by atoms with E-state index in [9.17, 15) is 9.59 Å². The highest BCUT2D eigenvalue weighted by Gasteiger charge is 2.35. The quantitative estimate of drug-likeness (QED) is 0.405. The van der Waals surface area contributed by atoms with Crippen molar-refractivity contribution in [3.8, 4) is 0 Å². The molecule has 26 heavy (non-hydrogen) atoms. The van der Waals surface area contributed by atoms with Gasteiger partial charge in [-0.1, -0.05) is 65.1 Å². The predicted octanol–water partition coefficient (Wildman–Crippen LogP) is 4.79. The van der Waals surface area contributed by atoms with Gasteiger partial charge in [-0.3, -0.25) is 9.59 Å². The number of hydrogen-bond donors (Lipinski definition) is 1. The van der Waals surface area contributed by atoms with Gasteiger partial charge in [-0.25, -0.2) is 0 Å². The number of methoxy groups -OCH3 is 1. The molecule has 0 spiro atoms. The van der Waals surface area contributed by atoms with Crippen LogP contribution in [0, 0.1) is 0 Å². The van der Waals surface area contributed by atoms with Gasteiger partial charge in [0.25, 0.3) is 5.91 Å². The summed E-state index contributed by atoms with van der Waals surface area (Å²) in [4.78, 5) is 24.5. The van der Waals surface area contributed by atoms with Crippen LogP contribution in [0.25, 0.3) is 0 Å². The zero-order chi connectivity index (χ0) is 19.2. The summed E-state index contributed by atoms with van der Waals surface area (Å²) in [6.07, 6.45) is 0. The minimum atomic E-state index is -1.73. The van der Waals surface area contributed by atoms with Crippen LogP contribution in [0.1, 0.15) is 22.0 Å². The number of amides is 1. The molecule has 2 aromatic rings. The van der Waals surface area contributed by atoms with E-state index in [1.165, 1.54) is 18.9 Å². The van der Waals surface area contributed by atoms with Gasteiger partial charge in [-0.05, 0) is 29.8 Å². The number of thioether (sulfide) groups is 1. The van der Waals surface area contributed by atoms with Crippen LogP contribution < -0.4 is 5.32 Å². The summed E-state index contributed by atoms with van der Waals surface area (Å²) in [5.74, 6) is -0.450. The van der Waals surface area contributed by atoms with E-state index in [1.807, 2.05) is 6.07 Å². The summed E-state index contributed by atoms with van der Waals surface area (Å²) in [5, 5.41) is 2.75. The first-order chi connectivity index (χ1) is 12.3. The van der Waals surface area contributed by atoms with E-state index in [0.29, 0.717) is 11.1 Å². The highest BCUT2D eigenvalue weighted by molar-refractivity contribution is 8.00. The highest BCUT2D eigenvalue weighted by atomic mass is 35.6. The molecule has 1 atom stereocenters. The van der Waals surface area contributed by atoms with E-state index in [2.05, 4.69) is 10.1 Å². The van der Waals surface area contributed by atoms with E-state index in [-0.39, 0.29) is 17.6 Å². The van der Waals surface area contributed by atoms with Crippen LogP contribution in [0.2, 0.25) is 0 Å². The van der Waals surface area contributed by atoms with Crippen molar-refractivity contribution in [1.82, 2.24) is 5.32 Å². The lowest BCUT2D eigenvalue weighted by atomic mass is 10.1. The summed E-state index contributed by atoms with van der Waals surface area (Å²) < 4.78 is 2.87. The lowest BCUT2D eigenvalue weighted by Crippen LogP contribution is -2.36. The molecule has 0 aliphatic carbocycles. The van der Waals surface area contributed by atoms with Gasteiger partial charge in [-0.2, -0.15) is 0 Å². The second-order valence-corrected chi connectivity index (χ2v) is 8.67. The Labute approximate surface area is 171 Å². The number of benzene rings is 2. The molecule has 2 rings (SSSR count). The van der Waals surface area contributed by atoms with Crippen LogP contribution >= 0.6 is 46.6 Å². The highest BCUT2D eigenvalue weighted by Crippen LogP contribution is 2.40. The topological polar surface area (TPSA) is 55.4 Å². The number of ether oxygens (including phenoxy) is 1. The summed E-state index contributed by atoms with van der Waals surface area (Å²) in [7, 11) is 1.34. The first-order valence-electron chi connectivity index (χ1n) is 7.53. The van der Waals surface area contributed by atoms with Gasteiger partial charge < -0.3 is 10.1 Å². The molecule has 0 heterocycles. The first kappa shape index (κ1) is 20.9. The molecule has 1 N–H and O–H groups in total. The summed E-state index contributed by atoms with van der Waals surface area (Å²) >= 11 is 19.6. The van der Waals surface area contributed by atoms with Gasteiger partial charge in [0.2, 0.25) is 3.79 Å². The standard InChI is InChI=1S/C18H16Cl3NO3S/c1-25-15(23)11-26-14-9-7-12(8-10-14)16(18(19,20)21)22-17(24)13-5-3-2-4-6-13/h2-10,16H,11H2,1H3,(H,22,24). The number of carbonyl (C=O) groups excluding carboxylic acids is 2. The molecule has 0 saturated carbocycles. The predicted molar refractivity (Wildman–Crippen MR) is 106 cm³/mol. The zero-order valence-corrected chi connectivity index (χ0v) is 16.8. The first-order valence-corrected chi connectivity index (χ1v) is 9.65. The van der Waals surface area contributed by atoms with Crippen molar-refractivity contribution in [2.24, 2.45) is 0 Å². The molecule has 1 amide bonds. The second kappa shape index (κ2) is 9.51. The van der Waals surface area contributed by atoms with E-state index in [4.69, 9.17) is 34.8 Å². The molecular weight excluding hydrogens is 417 g/mol. The van der Waals surface area contributed by atoms with E-state index in [1.54, 1.807) is 48.5 Å². The number of carbonyl (C=O) groups is 2. The molecule has 1 unspecified atom stereocenters. The second-order valence-electron chi connectivity index (χ2n) is 5.25. The average Bonchev–Trinajstić information content (AvgIpc) is 2.64. The van der Waals surface area contributed by atoms with Gasteiger partial charge in [0, 0.05) is 10.5 Å². The molecule has 0 bridgehead atoms. The zero-order valence-electron chi connectivity index (χ0n) is 13.7. The molecule has 0 aromatic heterocycles. The number of halogens is 3. The Kier molecular flexibility index (Phi) is 7.65. The Morgan fingerprint density at radius 1 is 1.08 bits per heavy atom. The van der Waals surface area contributed by atoms with Crippen molar-refractivity contribution in [2.75, 3.05) is 12.9 Å². The Morgan fingerprint density at radius 2 is 1.69 bits per heavy atom. The fourth-order valence-corrected chi connectivity index (χ4v) is 3.39. The van der Waals surface area contributed by atoms with Crippen LogP contribution in [0.5, 0.6) is 0 Å². The molecule has 0 radical (unpaired) electrons. The third-order valence-corrected chi connectivity index (χ3v) is 5.08. The van der Waals surface area contributed by atoms with Crippen LogP contribution in [0.4, 0.5) is 0 Å². The number of hydrogen-bond acceptors (Lipinski definition) is 4. The Balaban J connectivity index is 2.14. The number of nitrogens with one attached hydrogen (secondary N) is 1. The molecular formula is C18H16Cl3NO3S. The van der Waals surface area contributed by atoms with Crippen molar-refractivity contribution in [2.45, 2.75) is 14.7 Å². The largest absolute Gasteiger partial charge is 0.468 e. The van der Waals surface area contributed by atoms with Crippen molar-refractivity contribution < 1.29 is 14.3 Å². The molecule has 0 saturated heterocycles. The van der Waals surface area contributed by atoms with Gasteiger partial charge in [-0.15, -0.1) is 11.8 Å². The van der Waals surface area contributed by atoms with Gasteiger partial charge in [0.15, 0.2) is 0 Å². The molecule has 0 aliphatic heterocycles. The van der Waals surface area contributed by atoms with Crippen molar-refractivity contribution in [3.63, 3.8) is 0 Å². The molecule has 2 aromatic carbocycles. The maximum atomic E-state index is 12.4. The lowest BCUT2D eigenvalue weighted by Gasteiger charge is -2.26. The fourth-order valence-electron chi connectivity index (χ4n) is 2.12. The lowest BCUT2D eigenvalue weighted by molar-refractivity contribution is -0.137. The van der Waals surface area contributed by atoms with Crippen molar-refractivity contribution in [1.29, 1.82) is 0 Å². The average molecular weight is 433 g/mol. The van der Waals surface area contributed by atoms with Gasteiger partial charge in [0.05, 0.1) is 12.9 Å². The molecule has 4 nitrogen and oxygen atoms in total. The third-order valence-electron chi connectivity index (χ3n) is 3.44. The van der Waals surface area contributed by atoms with Crippen LogP contribution in [-0.2, 0) is 9.53 Å². The Morgan fingerprint density at radius 3 is 2.23 bits per heavy atom. The Hall–Kier alpha value is -1.40.